The fourth-order valence-corrected chi connectivity index (χ4v) is 5.39. The number of ether oxygens (including phenoxy) is 1. The zero-order valence-corrected chi connectivity index (χ0v) is 22.3. The van der Waals surface area contributed by atoms with Gasteiger partial charge >= 0.3 is 11.6 Å². The summed E-state index contributed by atoms with van der Waals surface area (Å²) in [5, 5.41) is 3.83. The highest BCUT2D eigenvalue weighted by atomic mass is 16.5. The minimum atomic E-state index is -0.747. The Kier molecular flexibility index (Phi) is 6.56. The topological polar surface area (TPSA) is 81.8 Å². The molecule has 0 unspecified atom stereocenters. The summed E-state index contributed by atoms with van der Waals surface area (Å²) in [5.41, 5.74) is 1.95. The Morgan fingerprint density at radius 2 is 1.52 bits per heavy atom. The highest BCUT2D eigenvalue weighted by Crippen LogP contribution is 2.25. The van der Waals surface area contributed by atoms with Gasteiger partial charge in [-0.25, -0.2) is 9.59 Å². The van der Waals surface area contributed by atoms with E-state index in [0.717, 1.165) is 40.6 Å². The molecule has 0 saturated heterocycles. The molecule has 0 bridgehead atoms. The number of rotatable bonds is 7. The van der Waals surface area contributed by atoms with Crippen LogP contribution in [0, 0.1) is 0 Å². The van der Waals surface area contributed by atoms with Crippen molar-refractivity contribution in [1.29, 1.82) is 0 Å². The summed E-state index contributed by atoms with van der Waals surface area (Å²) in [6.07, 6.45) is 0. The maximum Gasteiger partial charge on any atom is 0.351 e. The summed E-state index contributed by atoms with van der Waals surface area (Å²) < 4.78 is 13.1. The molecular weight excluding hydrogens is 504 g/mol. The van der Waals surface area contributed by atoms with Gasteiger partial charge in [-0.3, -0.25) is 4.79 Å². The molecule has 0 N–H and O–H groups in total. The van der Waals surface area contributed by atoms with Gasteiger partial charge in [0, 0.05) is 41.0 Å². The molecule has 0 spiro atoms. The Morgan fingerprint density at radius 1 is 0.800 bits per heavy atom. The largest absolute Gasteiger partial charge is 0.460 e. The molecule has 0 aliphatic rings. The van der Waals surface area contributed by atoms with E-state index in [0.29, 0.717) is 28.3 Å². The fourth-order valence-electron chi connectivity index (χ4n) is 5.39. The Balaban J connectivity index is 1.31. The summed E-state index contributed by atoms with van der Waals surface area (Å²) in [6.45, 7) is 6.08. The van der Waals surface area contributed by atoms with Crippen LogP contribution in [0.25, 0.3) is 43.5 Å². The number of esters is 1. The Hall–Kier alpha value is -4.91. The number of anilines is 1. The quantitative estimate of drug-likeness (QED) is 0.140. The first-order chi connectivity index (χ1) is 19.5. The Morgan fingerprint density at radius 3 is 2.30 bits per heavy atom. The third kappa shape index (κ3) is 4.39. The van der Waals surface area contributed by atoms with Crippen LogP contribution < -0.4 is 16.0 Å². The molecule has 0 radical (unpaired) electrons. The number of nitrogens with zero attached hydrogens (tertiary/aromatic N) is 2. The Bertz CT molecular complexity index is 2040. The molecule has 0 aliphatic carbocycles. The predicted octanol–water partition coefficient (Wildman–Crippen LogP) is 6.12. The number of benzene rings is 4. The zero-order chi connectivity index (χ0) is 27.8. The number of hydrogen-bond donors (Lipinski definition) is 0. The van der Waals surface area contributed by atoms with Gasteiger partial charge in [0.25, 0.3) is 0 Å². The lowest BCUT2D eigenvalue weighted by atomic mass is 10.0. The number of hydrogen-bond acceptors (Lipinski definition) is 6. The normalized spacial score (nSPS) is 11.4. The number of carbonyl (C=O) groups is 1. The molecule has 40 heavy (non-hydrogen) atoms. The highest BCUT2D eigenvalue weighted by molar-refractivity contribution is 6.01. The van der Waals surface area contributed by atoms with Crippen molar-refractivity contribution in [2.24, 2.45) is 0 Å². The summed E-state index contributed by atoms with van der Waals surface area (Å²) >= 11 is 0. The van der Waals surface area contributed by atoms with Gasteiger partial charge in [-0.05, 0) is 67.1 Å². The van der Waals surface area contributed by atoms with E-state index >= 15 is 0 Å². The van der Waals surface area contributed by atoms with Crippen LogP contribution in [0.3, 0.4) is 0 Å². The van der Waals surface area contributed by atoms with Gasteiger partial charge in [0.15, 0.2) is 5.43 Å². The van der Waals surface area contributed by atoms with E-state index < -0.39 is 11.6 Å². The highest BCUT2D eigenvalue weighted by Gasteiger charge is 2.17. The third-order valence-corrected chi connectivity index (χ3v) is 7.46. The SMILES string of the molecule is CCN(CC)c1ccc2cc(C(=O)OCCn3c4ccccc4c(=O)c4cc5ccccc5cc43)c(=O)oc2c1. The smallest absolute Gasteiger partial charge is 0.351 e. The van der Waals surface area contributed by atoms with E-state index in [2.05, 4.69) is 18.7 Å². The van der Waals surface area contributed by atoms with Gasteiger partial charge in [0.05, 0.1) is 17.6 Å². The second-order valence-electron chi connectivity index (χ2n) is 9.69. The first-order valence-electron chi connectivity index (χ1n) is 13.4. The number of pyridine rings is 1. The van der Waals surface area contributed by atoms with Crippen molar-refractivity contribution in [2.45, 2.75) is 20.4 Å². The molecule has 7 heteroatoms. The second-order valence-corrected chi connectivity index (χ2v) is 9.69. The lowest BCUT2D eigenvalue weighted by Gasteiger charge is -2.21. The van der Waals surface area contributed by atoms with Crippen molar-refractivity contribution in [1.82, 2.24) is 4.57 Å². The second kappa shape index (κ2) is 10.3. The van der Waals surface area contributed by atoms with Crippen LogP contribution in [0.5, 0.6) is 0 Å². The molecule has 200 valence electrons. The van der Waals surface area contributed by atoms with Crippen LogP contribution in [0.1, 0.15) is 24.2 Å². The summed E-state index contributed by atoms with van der Waals surface area (Å²) in [7, 11) is 0. The van der Waals surface area contributed by atoms with Crippen LogP contribution >= 0.6 is 0 Å². The molecule has 0 amide bonds. The minimum Gasteiger partial charge on any atom is -0.460 e. The van der Waals surface area contributed by atoms with Gasteiger partial charge < -0.3 is 18.6 Å². The molecule has 6 aromatic rings. The molecule has 4 aromatic carbocycles. The van der Waals surface area contributed by atoms with Crippen molar-refractivity contribution >= 4 is 55.2 Å². The monoisotopic (exact) mass is 532 g/mol. The summed E-state index contributed by atoms with van der Waals surface area (Å²) in [5.74, 6) is -0.747. The molecular formula is C33H28N2O5. The van der Waals surface area contributed by atoms with E-state index in [-0.39, 0.29) is 17.6 Å². The van der Waals surface area contributed by atoms with Crippen molar-refractivity contribution in [3.05, 3.63) is 111 Å². The van der Waals surface area contributed by atoms with Gasteiger partial charge in [0.2, 0.25) is 0 Å². The number of para-hydroxylation sites is 1. The maximum atomic E-state index is 13.3. The molecule has 2 heterocycles. The zero-order valence-electron chi connectivity index (χ0n) is 22.3. The number of carbonyl (C=O) groups excluding carboxylic acids is 1. The van der Waals surface area contributed by atoms with E-state index in [1.807, 2.05) is 77.4 Å². The summed E-state index contributed by atoms with van der Waals surface area (Å²) in [4.78, 5) is 41.2. The Labute approximate surface area is 229 Å². The molecule has 0 saturated carbocycles. The van der Waals surface area contributed by atoms with Gasteiger partial charge in [-0.2, -0.15) is 0 Å². The standard InChI is InChI=1S/C33H28N2O5/c1-3-34(4-2)24-14-13-23-18-27(33(38)40-30(23)20-24)32(37)39-16-15-35-28-12-8-7-11-25(28)31(36)26-17-21-9-5-6-10-22(21)19-29(26)35/h5-14,17-20H,3-4,15-16H2,1-2H3. The summed E-state index contributed by atoms with van der Waals surface area (Å²) in [6, 6.07) is 26.3. The fraction of sp³-hybridized carbons (Fsp3) is 0.182. The molecule has 0 aliphatic heterocycles. The van der Waals surface area contributed by atoms with Crippen LogP contribution in [0.15, 0.2) is 98.9 Å². The average Bonchev–Trinajstić information content (AvgIpc) is 2.98. The van der Waals surface area contributed by atoms with Crippen LogP contribution in [-0.4, -0.2) is 30.2 Å². The van der Waals surface area contributed by atoms with Gasteiger partial charge in [-0.1, -0.05) is 36.4 Å². The van der Waals surface area contributed by atoms with E-state index in [9.17, 15) is 14.4 Å². The van der Waals surface area contributed by atoms with Crippen LogP contribution in [0.4, 0.5) is 5.69 Å². The van der Waals surface area contributed by atoms with Crippen molar-refractivity contribution in [3.63, 3.8) is 0 Å². The lowest BCUT2D eigenvalue weighted by Crippen LogP contribution is -2.22. The molecule has 6 rings (SSSR count). The molecule has 2 aromatic heterocycles. The average molecular weight is 533 g/mol. The van der Waals surface area contributed by atoms with Gasteiger partial charge in [0.1, 0.15) is 17.8 Å². The van der Waals surface area contributed by atoms with E-state index in [1.165, 1.54) is 6.07 Å². The van der Waals surface area contributed by atoms with Crippen molar-refractivity contribution in [2.75, 3.05) is 24.6 Å². The van der Waals surface area contributed by atoms with Gasteiger partial charge in [-0.15, -0.1) is 0 Å². The van der Waals surface area contributed by atoms with Crippen molar-refractivity contribution < 1.29 is 13.9 Å². The van der Waals surface area contributed by atoms with E-state index in [4.69, 9.17) is 9.15 Å². The van der Waals surface area contributed by atoms with Crippen molar-refractivity contribution in [3.8, 4) is 0 Å². The maximum absolute atomic E-state index is 13.3. The van der Waals surface area contributed by atoms with Crippen LogP contribution in [0.2, 0.25) is 0 Å². The minimum absolute atomic E-state index is 0.00595. The molecule has 0 fully saturated rings. The first-order valence-corrected chi connectivity index (χ1v) is 13.4. The molecule has 7 nitrogen and oxygen atoms in total. The number of aromatic nitrogens is 1. The van der Waals surface area contributed by atoms with E-state index in [1.54, 1.807) is 6.07 Å². The number of fused-ring (bicyclic) bond motifs is 4. The third-order valence-electron chi connectivity index (χ3n) is 7.46. The first kappa shape index (κ1) is 25.4. The predicted molar refractivity (Wildman–Crippen MR) is 160 cm³/mol. The lowest BCUT2D eigenvalue weighted by molar-refractivity contribution is 0.0489. The molecule has 0 atom stereocenters. The van der Waals surface area contributed by atoms with Crippen LogP contribution in [-0.2, 0) is 11.3 Å².